The number of nitrogens with zero attached hydrogens (tertiary/aromatic N) is 1. The summed E-state index contributed by atoms with van der Waals surface area (Å²) in [4.78, 5) is 14.2. The van der Waals surface area contributed by atoms with Crippen LogP contribution in [-0.4, -0.2) is 58.7 Å². The van der Waals surface area contributed by atoms with Gasteiger partial charge in [0, 0.05) is 6.54 Å². The van der Waals surface area contributed by atoms with E-state index in [1.807, 2.05) is 11.8 Å². The molecule has 0 aliphatic carbocycles. The van der Waals surface area contributed by atoms with Gasteiger partial charge in [0.15, 0.2) is 0 Å². The Morgan fingerprint density at radius 2 is 1.85 bits per heavy atom. The summed E-state index contributed by atoms with van der Waals surface area (Å²) in [5.74, 6) is 0.212. The molecule has 7 nitrogen and oxygen atoms in total. The average Bonchev–Trinajstić information content (AvgIpc) is 2.67. The van der Waals surface area contributed by atoms with E-state index >= 15 is 0 Å². The van der Waals surface area contributed by atoms with Gasteiger partial charge in [-0.15, -0.1) is 0 Å². The summed E-state index contributed by atoms with van der Waals surface area (Å²) in [7, 11) is -2.39. The van der Waals surface area contributed by atoms with Gasteiger partial charge in [-0.25, -0.2) is 13.1 Å². The highest BCUT2D eigenvalue weighted by atomic mass is 32.2. The monoisotopic (exact) mass is 384 g/mol. The first-order chi connectivity index (χ1) is 12.5. The van der Waals surface area contributed by atoms with E-state index < -0.39 is 22.0 Å². The topological polar surface area (TPSA) is 84.9 Å². The first kappa shape index (κ1) is 20.7. The second-order valence-electron chi connectivity index (χ2n) is 6.31. The number of carbonyl (C=O) groups is 1. The van der Waals surface area contributed by atoms with Crippen LogP contribution in [0.4, 0.5) is 0 Å². The minimum absolute atomic E-state index is 0.0108. The summed E-state index contributed by atoms with van der Waals surface area (Å²) in [6.07, 6.45) is 4.01. The molecule has 0 radical (unpaired) electrons. The molecule has 1 saturated heterocycles. The van der Waals surface area contributed by atoms with Crippen LogP contribution in [0.5, 0.6) is 5.75 Å². The molecule has 146 valence electrons. The molecule has 1 aromatic carbocycles. The van der Waals surface area contributed by atoms with E-state index in [-0.39, 0.29) is 11.4 Å². The largest absolute Gasteiger partial charge is 0.494 e. The highest BCUT2D eigenvalue weighted by Crippen LogP contribution is 2.17. The van der Waals surface area contributed by atoms with Gasteiger partial charge in [0.2, 0.25) is 10.0 Å². The van der Waals surface area contributed by atoms with Gasteiger partial charge in [-0.05, 0) is 56.6 Å². The van der Waals surface area contributed by atoms with Crippen LogP contribution in [0.25, 0.3) is 0 Å². The van der Waals surface area contributed by atoms with Crippen LogP contribution in [0.3, 0.4) is 0 Å². The summed E-state index contributed by atoms with van der Waals surface area (Å²) < 4.78 is 37.9. The number of sulfonamides is 1. The molecular weight excluding hydrogens is 356 g/mol. The number of ether oxygens (including phenoxy) is 2. The smallest absolute Gasteiger partial charge is 0.324 e. The van der Waals surface area contributed by atoms with Crippen LogP contribution < -0.4 is 9.46 Å². The molecule has 0 unspecified atom stereocenters. The number of nitrogens with one attached hydrogen (secondary N) is 1. The number of likely N-dealkylation sites (tertiary alicyclic amines) is 1. The van der Waals surface area contributed by atoms with E-state index in [4.69, 9.17) is 9.47 Å². The van der Waals surface area contributed by atoms with Crippen molar-refractivity contribution < 1.29 is 22.7 Å². The summed E-state index contributed by atoms with van der Waals surface area (Å²) in [5.41, 5.74) is 0. The Morgan fingerprint density at radius 1 is 1.19 bits per heavy atom. The molecule has 8 heteroatoms. The SMILES string of the molecule is CCCOc1ccc(S(=O)(=O)NC[C@@H](C(=O)OC)N2CCCCC2)cc1. The first-order valence-electron chi connectivity index (χ1n) is 9.02. The molecule has 0 saturated carbocycles. The molecule has 1 aliphatic heterocycles. The molecule has 0 spiro atoms. The third kappa shape index (κ3) is 5.69. The summed E-state index contributed by atoms with van der Waals surface area (Å²) >= 11 is 0. The zero-order valence-electron chi connectivity index (χ0n) is 15.4. The zero-order valence-corrected chi connectivity index (χ0v) is 16.3. The third-order valence-corrected chi connectivity index (χ3v) is 5.82. The van der Waals surface area contributed by atoms with Gasteiger partial charge >= 0.3 is 5.97 Å². The number of benzene rings is 1. The lowest BCUT2D eigenvalue weighted by molar-refractivity contribution is -0.147. The van der Waals surface area contributed by atoms with Gasteiger partial charge in [-0.2, -0.15) is 0 Å². The van der Waals surface area contributed by atoms with Crippen molar-refractivity contribution in [2.45, 2.75) is 43.5 Å². The van der Waals surface area contributed by atoms with Crippen LogP contribution >= 0.6 is 0 Å². The highest BCUT2D eigenvalue weighted by molar-refractivity contribution is 7.89. The van der Waals surface area contributed by atoms with Crippen molar-refractivity contribution in [3.63, 3.8) is 0 Å². The fraction of sp³-hybridized carbons (Fsp3) is 0.611. The van der Waals surface area contributed by atoms with Gasteiger partial charge in [-0.1, -0.05) is 13.3 Å². The van der Waals surface area contributed by atoms with Crippen LogP contribution in [0.1, 0.15) is 32.6 Å². The zero-order chi connectivity index (χ0) is 19.0. The molecule has 26 heavy (non-hydrogen) atoms. The van der Waals surface area contributed by atoms with Crippen molar-refractivity contribution in [2.24, 2.45) is 0 Å². The molecule has 0 amide bonds. The summed E-state index contributed by atoms with van der Waals surface area (Å²) in [6, 6.07) is 5.66. The maximum absolute atomic E-state index is 12.5. The summed E-state index contributed by atoms with van der Waals surface area (Å²) in [6.45, 7) is 4.11. The van der Waals surface area contributed by atoms with Crippen LogP contribution in [0.15, 0.2) is 29.2 Å². The average molecular weight is 384 g/mol. The number of hydrogen-bond donors (Lipinski definition) is 1. The molecule has 1 aliphatic rings. The standard InChI is InChI=1S/C18H28N2O5S/c1-3-13-25-15-7-9-16(10-8-15)26(22,23)19-14-17(18(21)24-2)20-11-5-4-6-12-20/h7-10,17,19H,3-6,11-14H2,1-2H3/t17-/m0/s1. The van der Waals surface area contributed by atoms with Crippen molar-refractivity contribution in [3.8, 4) is 5.75 Å². The number of rotatable bonds is 9. The Hall–Kier alpha value is -1.64. The van der Waals surface area contributed by atoms with Gasteiger partial charge in [0.1, 0.15) is 11.8 Å². The van der Waals surface area contributed by atoms with Crippen LogP contribution in [0.2, 0.25) is 0 Å². The van der Waals surface area contributed by atoms with Crippen LogP contribution in [0, 0.1) is 0 Å². The lowest BCUT2D eigenvalue weighted by Gasteiger charge is -2.32. The quantitative estimate of drug-likeness (QED) is 0.654. The number of carbonyl (C=O) groups excluding carboxylic acids is 1. The molecule has 0 aromatic heterocycles. The van der Waals surface area contributed by atoms with Crippen molar-refractivity contribution in [2.75, 3.05) is 33.4 Å². The molecule has 1 N–H and O–H groups in total. The van der Waals surface area contributed by atoms with Gasteiger partial charge in [0.25, 0.3) is 0 Å². The normalized spacial score (nSPS) is 16.8. The lowest BCUT2D eigenvalue weighted by atomic mass is 10.1. The summed E-state index contributed by atoms with van der Waals surface area (Å²) in [5, 5.41) is 0. The van der Waals surface area contributed by atoms with E-state index in [0.717, 1.165) is 38.8 Å². The Kier molecular flexibility index (Phi) is 7.86. The fourth-order valence-electron chi connectivity index (χ4n) is 2.93. The Morgan fingerprint density at radius 3 is 2.42 bits per heavy atom. The molecule has 1 aromatic rings. The van der Waals surface area contributed by atoms with Crippen LogP contribution in [-0.2, 0) is 19.6 Å². The number of esters is 1. The van der Waals surface area contributed by atoms with Gasteiger partial charge in [0.05, 0.1) is 18.6 Å². The minimum Gasteiger partial charge on any atom is -0.494 e. The first-order valence-corrected chi connectivity index (χ1v) is 10.5. The Labute approximate surface area is 155 Å². The molecule has 1 fully saturated rings. The van der Waals surface area contributed by atoms with Gasteiger partial charge in [-0.3, -0.25) is 9.69 Å². The second-order valence-corrected chi connectivity index (χ2v) is 8.07. The number of methoxy groups -OCH3 is 1. The van der Waals surface area contributed by atoms with Crippen molar-refractivity contribution in [3.05, 3.63) is 24.3 Å². The fourth-order valence-corrected chi connectivity index (χ4v) is 3.97. The number of piperidine rings is 1. The third-order valence-electron chi connectivity index (χ3n) is 4.38. The lowest BCUT2D eigenvalue weighted by Crippen LogP contribution is -2.50. The molecule has 2 rings (SSSR count). The molecule has 1 heterocycles. The highest BCUT2D eigenvalue weighted by Gasteiger charge is 2.29. The predicted octanol–water partition coefficient (Wildman–Crippen LogP) is 1.78. The van der Waals surface area contributed by atoms with E-state index in [2.05, 4.69) is 4.72 Å². The molecule has 0 bridgehead atoms. The van der Waals surface area contributed by atoms with E-state index in [1.165, 1.54) is 19.2 Å². The maximum Gasteiger partial charge on any atom is 0.324 e. The van der Waals surface area contributed by atoms with Gasteiger partial charge < -0.3 is 9.47 Å². The number of hydrogen-bond acceptors (Lipinski definition) is 6. The van der Waals surface area contributed by atoms with Crippen molar-refractivity contribution >= 4 is 16.0 Å². The molecule has 1 atom stereocenters. The molecular formula is C18H28N2O5S. The minimum atomic E-state index is -3.71. The Balaban J connectivity index is 2.02. The van der Waals surface area contributed by atoms with E-state index in [0.29, 0.717) is 12.4 Å². The van der Waals surface area contributed by atoms with Crippen molar-refractivity contribution in [1.82, 2.24) is 9.62 Å². The van der Waals surface area contributed by atoms with E-state index in [1.54, 1.807) is 12.1 Å². The Bertz CT molecular complexity index is 669. The second kappa shape index (κ2) is 9.89. The maximum atomic E-state index is 12.5. The predicted molar refractivity (Wildman–Crippen MR) is 98.6 cm³/mol. The van der Waals surface area contributed by atoms with E-state index in [9.17, 15) is 13.2 Å². The van der Waals surface area contributed by atoms with Crippen molar-refractivity contribution in [1.29, 1.82) is 0 Å².